The number of amides is 1. The summed E-state index contributed by atoms with van der Waals surface area (Å²) in [7, 11) is 0. The molecule has 1 unspecified atom stereocenters. The van der Waals surface area contributed by atoms with E-state index in [0.717, 1.165) is 11.1 Å². The molecular weight excluding hydrogens is 395 g/mol. The van der Waals surface area contributed by atoms with Gasteiger partial charge in [-0.1, -0.05) is 41.4 Å². The second kappa shape index (κ2) is 10.3. The van der Waals surface area contributed by atoms with Gasteiger partial charge in [-0.3, -0.25) is 4.79 Å². The molecule has 28 heavy (non-hydrogen) atoms. The number of carbonyl (C=O) groups excluding carboxylic acids is 1. The van der Waals surface area contributed by atoms with Crippen LogP contribution in [0.4, 0.5) is 0 Å². The van der Waals surface area contributed by atoms with Gasteiger partial charge in [-0.2, -0.15) is 0 Å². The first-order valence-corrected chi connectivity index (χ1v) is 10.0. The molecule has 0 radical (unpaired) electrons. The standard InChI is InChI=1S/C21H26Cl2N4O/c1-4-27(5-2)20(28)16-8-6-15(7-9-16)13-25-21(24)26-14(3)18-11-10-17(22)12-19(18)23/h6-12,14H,4-5,13H2,1-3H3,(H3,24,25,26). The molecule has 7 heteroatoms. The van der Waals surface area contributed by atoms with E-state index in [-0.39, 0.29) is 11.9 Å². The molecule has 1 atom stereocenters. The van der Waals surface area contributed by atoms with Crippen LogP contribution in [-0.2, 0) is 6.54 Å². The van der Waals surface area contributed by atoms with E-state index >= 15 is 0 Å². The van der Waals surface area contributed by atoms with Crippen LogP contribution in [0.25, 0.3) is 0 Å². The van der Waals surface area contributed by atoms with Crippen molar-refractivity contribution in [1.82, 2.24) is 10.2 Å². The third-order valence-corrected chi connectivity index (χ3v) is 5.04. The predicted molar refractivity (Wildman–Crippen MR) is 117 cm³/mol. The minimum Gasteiger partial charge on any atom is -0.370 e. The summed E-state index contributed by atoms with van der Waals surface area (Å²) < 4.78 is 0. The fourth-order valence-corrected chi connectivity index (χ4v) is 3.39. The van der Waals surface area contributed by atoms with E-state index < -0.39 is 0 Å². The van der Waals surface area contributed by atoms with E-state index in [1.807, 2.05) is 51.1 Å². The Bertz CT molecular complexity index is 833. The second-order valence-electron chi connectivity index (χ2n) is 6.41. The Morgan fingerprint density at radius 2 is 1.79 bits per heavy atom. The largest absolute Gasteiger partial charge is 0.370 e. The van der Waals surface area contributed by atoms with Crippen molar-refractivity contribution in [3.05, 3.63) is 69.2 Å². The zero-order valence-electron chi connectivity index (χ0n) is 16.4. The molecule has 0 aromatic heterocycles. The number of benzene rings is 2. The first-order chi connectivity index (χ1) is 13.3. The number of halogens is 2. The molecule has 0 bridgehead atoms. The Balaban J connectivity index is 1.98. The van der Waals surface area contributed by atoms with Crippen molar-refractivity contribution in [3.63, 3.8) is 0 Å². The van der Waals surface area contributed by atoms with Gasteiger partial charge in [0, 0.05) is 28.7 Å². The van der Waals surface area contributed by atoms with Gasteiger partial charge in [-0.25, -0.2) is 4.99 Å². The van der Waals surface area contributed by atoms with E-state index in [9.17, 15) is 4.79 Å². The number of hydrogen-bond acceptors (Lipinski definition) is 2. The Labute approximate surface area is 176 Å². The maximum Gasteiger partial charge on any atom is 0.253 e. The van der Waals surface area contributed by atoms with Crippen LogP contribution in [0.1, 0.15) is 48.3 Å². The van der Waals surface area contributed by atoms with Crippen LogP contribution in [0.5, 0.6) is 0 Å². The number of nitrogens with one attached hydrogen (secondary N) is 1. The number of aliphatic imine (C=N–C) groups is 1. The van der Waals surface area contributed by atoms with Crippen molar-refractivity contribution in [2.75, 3.05) is 13.1 Å². The molecule has 3 N–H and O–H groups in total. The average molecular weight is 421 g/mol. The first-order valence-electron chi connectivity index (χ1n) is 9.25. The lowest BCUT2D eigenvalue weighted by atomic mass is 10.1. The molecule has 2 aromatic carbocycles. The van der Waals surface area contributed by atoms with Gasteiger partial charge in [0.25, 0.3) is 5.91 Å². The highest BCUT2D eigenvalue weighted by atomic mass is 35.5. The van der Waals surface area contributed by atoms with Crippen LogP contribution in [-0.4, -0.2) is 29.9 Å². The van der Waals surface area contributed by atoms with Crippen molar-refractivity contribution in [2.45, 2.75) is 33.4 Å². The summed E-state index contributed by atoms with van der Waals surface area (Å²) in [6.07, 6.45) is 0. The SMILES string of the molecule is CCN(CC)C(=O)c1ccc(CN=C(N)NC(C)c2ccc(Cl)cc2Cl)cc1. The topological polar surface area (TPSA) is 70.7 Å². The highest BCUT2D eigenvalue weighted by Crippen LogP contribution is 2.25. The molecule has 2 aromatic rings. The van der Waals surface area contributed by atoms with Gasteiger partial charge in [0.2, 0.25) is 0 Å². The maximum atomic E-state index is 12.3. The summed E-state index contributed by atoms with van der Waals surface area (Å²) in [6, 6.07) is 12.7. The third-order valence-electron chi connectivity index (χ3n) is 4.48. The summed E-state index contributed by atoms with van der Waals surface area (Å²) in [5, 5.41) is 4.29. The number of hydrogen-bond donors (Lipinski definition) is 2. The Morgan fingerprint density at radius 3 is 2.36 bits per heavy atom. The van der Waals surface area contributed by atoms with Crippen LogP contribution in [0.2, 0.25) is 10.0 Å². The van der Waals surface area contributed by atoms with Gasteiger partial charge in [-0.15, -0.1) is 0 Å². The van der Waals surface area contributed by atoms with Gasteiger partial charge in [0.15, 0.2) is 5.96 Å². The zero-order chi connectivity index (χ0) is 20.7. The lowest BCUT2D eigenvalue weighted by Gasteiger charge is -2.18. The molecule has 1 amide bonds. The first kappa shape index (κ1) is 22.1. The fourth-order valence-electron chi connectivity index (χ4n) is 2.82. The summed E-state index contributed by atoms with van der Waals surface area (Å²) in [5.74, 6) is 0.358. The Morgan fingerprint density at radius 1 is 1.14 bits per heavy atom. The van der Waals surface area contributed by atoms with E-state index in [0.29, 0.717) is 41.2 Å². The number of rotatable bonds is 7. The molecule has 150 valence electrons. The number of guanidine groups is 1. The minimum absolute atomic E-state index is 0.0369. The Kier molecular flexibility index (Phi) is 8.15. The molecule has 0 fully saturated rings. The minimum atomic E-state index is -0.109. The van der Waals surface area contributed by atoms with Crippen molar-refractivity contribution in [3.8, 4) is 0 Å². The summed E-state index contributed by atoms with van der Waals surface area (Å²) in [5.41, 5.74) is 8.54. The monoisotopic (exact) mass is 420 g/mol. The lowest BCUT2D eigenvalue weighted by Crippen LogP contribution is -2.34. The summed E-state index contributed by atoms with van der Waals surface area (Å²) in [6.45, 7) is 7.69. The van der Waals surface area contributed by atoms with E-state index in [1.54, 1.807) is 17.0 Å². The molecular formula is C21H26Cl2N4O. The Hall–Kier alpha value is -2.24. The van der Waals surface area contributed by atoms with Crippen LogP contribution >= 0.6 is 23.2 Å². The third kappa shape index (κ3) is 5.88. The molecule has 2 rings (SSSR count). The van der Waals surface area contributed by atoms with E-state index in [1.165, 1.54) is 0 Å². The van der Waals surface area contributed by atoms with Gasteiger partial charge in [-0.05, 0) is 56.2 Å². The molecule has 0 saturated heterocycles. The van der Waals surface area contributed by atoms with Gasteiger partial charge in [0.05, 0.1) is 12.6 Å². The average Bonchev–Trinajstić information content (AvgIpc) is 2.67. The van der Waals surface area contributed by atoms with Crippen LogP contribution < -0.4 is 11.1 Å². The quantitative estimate of drug-likeness (QED) is 0.506. The van der Waals surface area contributed by atoms with Crippen molar-refractivity contribution in [1.29, 1.82) is 0 Å². The summed E-state index contributed by atoms with van der Waals surface area (Å²) >= 11 is 12.2. The second-order valence-corrected chi connectivity index (χ2v) is 7.25. The number of carbonyl (C=O) groups is 1. The molecule has 0 aliphatic heterocycles. The predicted octanol–water partition coefficient (Wildman–Crippen LogP) is 4.64. The number of nitrogens with two attached hydrogens (primary N) is 1. The molecule has 5 nitrogen and oxygen atoms in total. The van der Waals surface area contributed by atoms with Crippen LogP contribution in [0, 0.1) is 0 Å². The normalized spacial score (nSPS) is 12.5. The van der Waals surface area contributed by atoms with E-state index in [2.05, 4.69) is 10.3 Å². The fraction of sp³-hybridized carbons (Fsp3) is 0.333. The zero-order valence-corrected chi connectivity index (χ0v) is 17.9. The smallest absolute Gasteiger partial charge is 0.253 e. The molecule has 0 heterocycles. The highest BCUT2D eigenvalue weighted by molar-refractivity contribution is 6.35. The van der Waals surface area contributed by atoms with Crippen LogP contribution in [0.3, 0.4) is 0 Å². The molecule has 0 aliphatic carbocycles. The molecule has 0 aliphatic rings. The lowest BCUT2D eigenvalue weighted by molar-refractivity contribution is 0.0773. The number of nitrogens with zero attached hydrogens (tertiary/aromatic N) is 2. The molecule has 0 spiro atoms. The van der Waals surface area contributed by atoms with Crippen molar-refractivity contribution >= 4 is 35.1 Å². The highest BCUT2D eigenvalue weighted by Gasteiger charge is 2.12. The van der Waals surface area contributed by atoms with Crippen molar-refractivity contribution in [2.24, 2.45) is 10.7 Å². The van der Waals surface area contributed by atoms with Gasteiger partial charge >= 0.3 is 0 Å². The maximum absolute atomic E-state index is 12.3. The van der Waals surface area contributed by atoms with Crippen LogP contribution in [0.15, 0.2) is 47.5 Å². The molecule has 0 saturated carbocycles. The van der Waals surface area contributed by atoms with Gasteiger partial charge < -0.3 is 16.0 Å². The summed E-state index contributed by atoms with van der Waals surface area (Å²) in [4.78, 5) is 18.5. The van der Waals surface area contributed by atoms with Gasteiger partial charge in [0.1, 0.15) is 0 Å². The van der Waals surface area contributed by atoms with Crippen molar-refractivity contribution < 1.29 is 4.79 Å². The van der Waals surface area contributed by atoms with E-state index in [4.69, 9.17) is 28.9 Å².